The Hall–Kier alpha value is -2.19. The number of aliphatic hydroxyl groups excluding tert-OH is 1. The average molecular weight is 525 g/mol. The van der Waals surface area contributed by atoms with Crippen LogP contribution in [0.25, 0.3) is 11.2 Å². The molecule has 1 unspecified atom stereocenters. The number of aromatic nitrogens is 4. The molecule has 2 aromatic heterocycles. The van der Waals surface area contributed by atoms with Gasteiger partial charge in [-0.2, -0.15) is 11.8 Å². The first-order chi connectivity index (χ1) is 17.0. The number of anilines is 1. The summed E-state index contributed by atoms with van der Waals surface area (Å²) in [7, 11) is 0. The number of nitrogens with zero attached hydrogens (tertiary/aromatic N) is 4. The van der Waals surface area contributed by atoms with Crippen LogP contribution < -0.4 is 11.1 Å². The number of fused-ring (bicyclic) bond motifs is 2. The minimum Gasteiger partial charge on any atom is -0.444 e. The third-order valence-corrected chi connectivity index (χ3v) is 7.06. The van der Waals surface area contributed by atoms with E-state index >= 15 is 0 Å². The third-order valence-electron chi connectivity index (χ3n) is 5.97. The molecule has 1 amide bonds. The summed E-state index contributed by atoms with van der Waals surface area (Å²) in [4.78, 5) is 24.8. The predicted molar refractivity (Wildman–Crippen MR) is 135 cm³/mol. The molecule has 5 atom stereocenters. The fourth-order valence-corrected chi connectivity index (χ4v) is 5.55. The van der Waals surface area contributed by atoms with E-state index in [-0.39, 0.29) is 37.0 Å². The van der Waals surface area contributed by atoms with Gasteiger partial charge in [-0.25, -0.2) is 19.7 Å². The highest BCUT2D eigenvalue weighted by molar-refractivity contribution is 7.99. The van der Waals surface area contributed by atoms with Gasteiger partial charge in [0.2, 0.25) is 0 Å². The molecule has 0 aliphatic carbocycles. The van der Waals surface area contributed by atoms with Gasteiger partial charge in [0.25, 0.3) is 0 Å². The van der Waals surface area contributed by atoms with Crippen molar-refractivity contribution in [1.82, 2.24) is 24.8 Å². The molecular weight excluding hydrogens is 488 g/mol. The number of alkyl carbamates (subject to hydrolysis) is 1. The summed E-state index contributed by atoms with van der Waals surface area (Å²) < 4.78 is 26.0. The first-order valence-corrected chi connectivity index (χ1v) is 13.2. The van der Waals surface area contributed by atoms with Gasteiger partial charge >= 0.3 is 6.09 Å². The van der Waals surface area contributed by atoms with Crippen molar-refractivity contribution in [1.29, 1.82) is 0 Å². The summed E-state index contributed by atoms with van der Waals surface area (Å²) in [5.74, 6) is 0.965. The van der Waals surface area contributed by atoms with Gasteiger partial charge in [0.05, 0.1) is 37.7 Å². The van der Waals surface area contributed by atoms with Crippen LogP contribution in [0.5, 0.6) is 0 Å². The summed E-state index contributed by atoms with van der Waals surface area (Å²) >= 11 is 1.68. The molecule has 4 N–H and O–H groups in total. The standard InChI is InChI=1S/C23H36N6O6S/c1-22(2,3)35-21(31)28-13(8-30)6-7-36-10-15-18-17(33-23(4,5)34-18)14(9-32-15)29-12-27-16-19(24)25-11-26-20(16)29/h11-15,17-18,30H,6-10H2,1-5H3,(H,28,31)(H2,24,25,26)/t13-,14?,15+,17-,18+/m0/s1. The summed E-state index contributed by atoms with van der Waals surface area (Å²) in [6.45, 7) is 9.43. The topological polar surface area (TPSA) is 156 Å². The van der Waals surface area contributed by atoms with Crippen molar-refractivity contribution in [3.63, 3.8) is 0 Å². The number of carbonyl (C=O) groups excluding carboxylic acids is 1. The van der Waals surface area contributed by atoms with E-state index in [0.29, 0.717) is 41.5 Å². The molecule has 36 heavy (non-hydrogen) atoms. The molecule has 0 spiro atoms. The molecule has 2 saturated heterocycles. The van der Waals surface area contributed by atoms with Gasteiger partial charge in [-0.15, -0.1) is 0 Å². The summed E-state index contributed by atoms with van der Waals surface area (Å²) in [5, 5.41) is 12.4. The third kappa shape index (κ3) is 6.20. The molecule has 0 aromatic carbocycles. The van der Waals surface area contributed by atoms with Crippen LogP contribution in [0.1, 0.15) is 47.1 Å². The Balaban J connectivity index is 1.35. The van der Waals surface area contributed by atoms with Gasteiger partial charge in [0, 0.05) is 5.75 Å². The highest BCUT2D eigenvalue weighted by atomic mass is 32.2. The molecule has 0 radical (unpaired) electrons. The van der Waals surface area contributed by atoms with Crippen molar-refractivity contribution < 1.29 is 28.8 Å². The first-order valence-electron chi connectivity index (χ1n) is 12.1. The fourth-order valence-electron chi connectivity index (χ4n) is 4.42. The van der Waals surface area contributed by atoms with E-state index in [2.05, 4.69) is 20.3 Å². The predicted octanol–water partition coefficient (Wildman–Crippen LogP) is 1.88. The zero-order valence-corrected chi connectivity index (χ0v) is 22.2. The smallest absolute Gasteiger partial charge is 0.407 e. The number of amides is 1. The average Bonchev–Trinajstić information content (AvgIpc) is 3.35. The zero-order chi connectivity index (χ0) is 26.1. The molecule has 2 fully saturated rings. The van der Waals surface area contributed by atoms with Crippen LogP contribution in [0.15, 0.2) is 12.7 Å². The zero-order valence-electron chi connectivity index (χ0n) is 21.3. The summed E-state index contributed by atoms with van der Waals surface area (Å²) in [6, 6.07) is -0.570. The van der Waals surface area contributed by atoms with Gasteiger partial charge in [0.15, 0.2) is 17.3 Å². The second kappa shape index (κ2) is 10.7. The van der Waals surface area contributed by atoms with E-state index in [0.717, 1.165) is 0 Å². The monoisotopic (exact) mass is 524 g/mol. The van der Waals surface area contributed by atoms with E-state index in [4.69, 9.17) is 24.7 Å². The van der Waals surface area contributed by atoms with Crippen LogP contribution in [-0.4, -0.2) is 91.2 Å². The van der Waals surface area contributed by atoms with Gasteiger partial charge in [0.1, 0.15) is 29.7 Å². The second-order valence-electron chi connectivity index (χ2n) is 10.5. The van der Waals surface area contributed by atoms with Gasteiger partial charge in [-0.3, -0.25) is 0 Å². The van der Waals surface area contributed by atoms with Gasteiger partial charge in [-0.05, 0) is 46.8 Å². The van der Waals surface area contributed by atoms with E-state index < -0.39 is 17.5 Å². The van der Waals surface area contributed by atoms with Gasteiger partial charge in [-0.1, -0.05) is 0 Å². The van der Waals surface area contributed by atoms with Crippen molar-refractivity contribution in [2.45, 2.75) is 82.8 Å². The number of imidazole rings is 1. The number of thioether (sulfide) groups is 1. The van der Waals surface area contributed by atoms with Crippen LogP contribution in [0.3, 0.4) is 0 Å². The number of nitrogens with one attached hydrogen (secondary N) is 1. The number of nitrogen functional groups attached to an aromatic ring is 1. The maximum Gasteiger partial charge on any atom is 0.407 e. The van der Waals surface area contributed by atoms with Crippen molar-refractivity contribution in [3.05, 3.63) is 12.7 Å². The van der Waals surface area contributed by atoms with Crippen LogP contribution in [-0.2, 0) is 18.9 Å². The molecule has 2 aliphatic rings. The lowest BCUT2D eigenvalue weighted by atomic mass is 9.99. The van der Waals surface area contributed by atoms with Crippen molar-refractivity contribution in [2.75, 3.05) is 30.5 Å². The molecule has 200 valence electrons. The molecule has 13 heteroatoms. The normalized spacial score (nSPS) is 26.5. The lowest BCUT2D eigenvalue weighted by Crippen LogP contribution is -2.50. The number of carbonyl (C=O) groups is 1. The van der Waals surface area contributed by atoms with Crippen molar-refractivity contribution in [3.8, 4) is 0 Å². The molecule has 0 bridgehead atoms. The highest BCUT2D eigenvalue weighted by Gasteiger charge is 2.52. The molecule has 4 rings (SSSR count). The largest absolute Gasteiger partial charge is 0.444 e. The molecular formula is C23H36N6O6S. The highest BCUT2D eigenvalue weighted by Crippen LogP contribution is 2.41. The van der Waals surface area contributed by atoms with E-state index in [1.165, 1.54) is 6.33 Å². The Kier molecular flexibility index (Phi) is 7.95. The minimum atomic E-state index is -0.756. The van der Waals surface area contributed by atoms with E-state index in [1.54, 1.807) is 38.9 Å². The Bertz CT molecular complexity index is 1060. The second-order valence-corrected chi connectivity index (χ2v) is 11.6. The maximum atomic E-state index is 12.0. The maximum absolute atomic E-state index is 12.0. The summed E-state index contributed by atoms with van der Waals surface area (Å²) in [6.07, 6.45) is 2.45. The number of rotatable bonds is 8. The number of aliphatic hydroxyl groups is 1. The Morgan fingerprint density at radius 3 is 2.81 bits per heavy atom. The van der Waals surface area contributed by atoms with Crippen LogP contribution in [0.2, 0.25) is 0 Å². The fraction of sp³-hybridized carbons (Fsp3) is 0.739. The van der Waals surface area contributed by atoms with E-state index in [1.807, 2.05) is 18.4 Å². The SMILES string of the molecule is CC(C)(C)OC(=O)N[C@H](CO)CCSC[C@H]1OCC(n2cnc3c(N)ncnc32)[C@@H]2OC(C)(C)O[C@H]12. The van der Waals surface area contributed by atoms with Crippen molar-refractivity contribution in [2.24, 2.45) is 0 Å². The Morgan fingerprint density at radius 2 is 2.08 bits per heavy atom. The molecule has 2 aliphatic heterocycles. The lowest BCUT2D eigenvalue weighted by Gasteiger charge is -2.37. The Morgan fingerprint density at radius 1 is 1.33 bits per heavy atom. The van der Waals surface area contributed by atoms with Crippen molar-refractivity contribution >= 4 is 34.8 Å². The summed E-state index contributed by atoms with van der Waals surface area (Å²) in [5.41, 5.74) is 6.54. The number of ether oxygens (including phenoxy) is 4. The molecule has 4 heterocycles. The quantitative estimate of drug-likeness (QED) is 0.433. The number of nitrogens with two attached hydrogens (primary N) is 1. The molecule has 0 saturated carbocycles. The van der Waals surface area contributed by atoms with Crippen LogP contribution in [0, 0.1) is 0 Å². The Labute approximate surface area is 214 Å². The number of hydrogen-bond acceptors (Lipinski definition) is 11. The van der Waals surface area contributed by atoms with Crippen LogP contribution >= 0.6 is 11.8 Å². The van der Waals surface area contributed by atoms with Crippen LogP contribution in [0.4, 0.5) is 10.6 Å². The van der Waals surface area contributed by atoms with Gasteiger partial charge < -0.3 is 39.7 Å². The van der Waals surface area contributed by atoms with E-state index in [9.17, 15) is 9.90 Å². The first kappa shape index (κ1) is 26.9. The number of hydrogen-bond donors (Lipinski definition) is 3. The lowest BCUT2D eigenvalue weighted by molar-refractivity contribution is -0.152. The molecule has 2 aromatic rings. The molecule has 12 nitrogen and oxygen atoms in total. The minimum absolute atomic E-state index is 0.163.